The first-order chi connectivity index (χ1) is 7.81. The second-order valence-electron chi connectivity index (χ2n) is 6.50. The Morgan fingerprint density at radius 1 is 1.25 bits per heavy atom. The standard InChI is InChI=1S/C14H26N2/c1-11-8-15-4-5-16(9-11)10-14-7-12-2-3-13(14)6-12/h11-15H,2-10H2,1H3. The summed E-state index contributed by atoms with van der Waals surface area (Å²) in [6.45, 7) is 8.79. The average Bonchev–Trinajstić information content (AvgIpc) is 2.80. The molecule has 2 aliphatic carbocycles. The second-order valence-corrected chi connectivity index (χ2v) is 6.50. The minimum Gasteiger partial charge on any atom is -0.315 e. The van der Waals surface area contributed by atoms with Crippen LogP contribution in [0.2, 0.25) is 0 Å². The SMILES string of the molecule is CC1CNCCN(CC2CC3CCC2C3)C1. The zero-order valence-electron chi connectivity index (χ0n) is 10.6. The Morgan fingerprint density at radius 2 is 2.19 bits per heavy atom. The number of nitrogens with one attached hydrogen (secondary N) is 1. The van der Waals surface area contributed by atoms with Gasteiger partial charge in [0.1, 0.15) is 0 Å². The lowest BCUT2D eigenvalue weighted by molar-refractivity contribution is 0.185. The molecular weight excluding hydrogens is 196 g/mol. The Labute approximate surface area is 99.8 Å². The summed E-state index contributed by atoms with van der Waals surface area (Å²) in [4.78, 5) is 2.73. The molecule has 1 N–H and O–H groups in total. The zero-order valence-corrected chi connectivity index (χ0v) is 10.6. The van der Waals surface area contributed by atoms with Crippen molar-refractivity contribution in [2.75, 3.05) is 32.7 Å². The lowest BCUT2D eigenvalue weighted by Crippen LogP contribution is -2.35. The van der Waals surface area contributed by atoms with E-state index in [0.29, 0.717) is 0 Å². The van der Waals surface area contributed by atoms with E-state index in [4.69, 9.17) is 0 Å². The predicted octanol–water partition coefficient (Wildman–Crippen LogP) is 1.96. The molecule has 2 nitrogen and oxygen atoms in total. The van der Waals surface area contributed by atoms with Crippen molar-refractivity contribution in [2.24, 2.45) is 23.7 Å². The second kappa shape index (κ2) is 4.66. The van der Waals surface area contributed by atoms with Crippen LogP contribution in [0.25, 0.3) is 0 Å². The molecular formula is C14H26N2. The van der Waals surface area contributed by atoms with E-state index in [9.17, 15) is 0 Å². The van der Waals surface area contributed by atoms with Crippen molar-refractivity contribution in [3.05, 3.63) is 0 Å². The summed E-state index contributed by atoms with van der Waals surface area (Å²) >= 11 is 0. The molecule has 1 heterocycles. The third-order valence-electron chi connectivity index (χ3n) is 5.04. The van der Waals surface area contributed by atoms with Gasteiger partial charge in [-0.3, -0.25) is 0 Å². The van der Waals surface area contributed by atoms with E-state index in [-0.39, 0.29) is 0 Å². The van der Waals surface area contributed by atoms with Crippen LogP contribution in [0.5, 0.6) is 0 Å². The molecule has 0 spiro atoms. The molecule has 4 unspecified atom stereocenters. The molecule has 3 aliphatic rings. The first kappa shape index (κ1) is 11.0. The Hall–Kier alpha value is -0.0800. The molecule has 2 heteroatoms. The smallest absolute Gasteiger partial charge is 0.0107 e. The minimum atomic E-state index is 0.834. The Balaban J connectivity index is 1.53. The summed E-state index contributed by atoms with van der Waals surface area (Å²) in [5, 5.41) is 3.54. The van der Waals surface area contributed by atoms with Crippen molar-refractivity contribution in [3.63, 3.8) is 0 Å². The molecule has 0 aromatic carbocycles. The fourth-order valence-corrected chi connectivity index (χ4v) is 4.28. The van der Waals surface area contributed by atoms with Crippen molar-refractivity contribution in [2.45, 2.75) is 32.6 Å². The number of fused-ring (bicyclic) bond motifs is 2. The highest BCUT2D eigenvalue weighted by Gasteiger charge is 2.39. The lowest BCUT2D eigenvalue weighted by atomic mass is 9.88. The molecule has 1 saturated heterocycles. The average molecular weight is 222 g/mol. The van der Waals surface area contributed by atoms with Crippen LogP contribution in [0.1, 0.15) is 32.6 Å². The van der Waals surface area contributed by atoms with Gasteiger partial charge < -0.3 is 10.2 Å². The van der Waals surface area contributed by atoms with Crippen LogP contribution in [0, 0.1) is 23.7 Å². The van der Waals surface area contributed by atoms with Crippen LogP contribution in [-0.2, 0) is 0 Å². The van der Waals surface area contributed by atoms with E-state index < -0.39 is 0 Å². The third kappa shape index (κ3) is 2.28. The van der Waals surface area contributed by atoms with E-state index in [2.05, 4.69) is 17.1 Å². The highest BCUT2D eigenvalue weighted by molar-refractivity contribution is 4.91. The summed E-state index contributed by atoms with van der Waals surface area (Å²) in [7, 11) is 0. The van der Waals surface area contributed by atoms with Crippen molar-refractivity contribution in [3.8, 4) is 0 Å². The number of hydrogen-bond donors (Lipinski definition) is 1. The maximum Gasteiger partial charge on any atom is 0.0107 e. The van der Waals surface area contributed by atoms with Crippen molar-refractivity contribution in [1.82, 2.24) is 10.2 Å². The van der Waals surface area contributed by atoms with Gasteiger partial charge in [0.2, 0.25) is 0 Å². The van der Waals surface area contributed by atoms with E-state index in [0.717, 1.165) is 23.7 Å². The third-order valence-corrected chi connectivity index (χ3v) is 5.04. The van der Waals surface area contributed by atoms with Crippen LogP contribution in [-0.4, -0.2) is 37.6 Å². The zero-order chi connectivity index (χ0) is 11.0. The number of rotatable bonds is 2. The summed E-state index contributed by atoms with van der Waals surface area (Å²) in [5.74, 6) is 4.08. The molecule has 2 bridgehead atoms. The highest BCUT2D eigenvalue weighted by Crippen LogP contribution is 2.48. The van der Waals surface area contributed by atoms with Gasteiger partial charge in [-0.15, -0.1) is 0 Å². The van der Waals surface area contributed by atoms with E-state index in [1.54, 1.807) is 19.3 Å². The maximum absolute atomic E-state index is 3.54. The molecule has 1 aliphatic heterocycles. The fourth-order valence-electron chi connectivity index (χ4n) is 4.28. The molecule has 0 amide bonds. The van der Waals surface area contributed by atoms with E-state index in [1.807, 2.05) is 0 Å². The van der Waals surface area contributed by atoms with Gasteiger partial charge in [-0.2, -0.15) is 0 Å². The summed E-state index contributed by atoms with van der Waals surface area (Å²) < 4.78 is 0. The quantitative estimate of drug-likeness (QED) is 0.768. The largest absolute Gasteiger partial charge is 0.315 e. The van der Waals surface area contributed by atoms with Gasteiger partial charge in [-0.25, -0.2) is 0 Å². The maximum atomic E-state index is 3.54. The molecule has 0 aromatic rings. The van der Waals surface area contributed by atoms with E-state index in [1.165, 1.54) is 39.1 Å². The monoisotopic (exact) mass is 222 g/mol. The van der Waals surface area contributed by atoms with Gasteiger partial charge in [0.15, 0.2) is 0 Å². The molecule has 4 atom stereocenters. The Morgan fingerprint density at radius 3 is 2.94 bits per heavy atom. The Kier molecular flexibility index (Phi) is 3.21. The predicted molar refractivity (Wildman–Crippen MR) is 67.4 cm³/mol. The van der Waals surface area contributed by atoms with Crippen molar-refractivity contribution >= 4 is 0 Å². The number of hydrogen-bond acceptors (Lipinski definition) is 2. The van der Waals surface area contributed by atoms with E-state index >= 15 is 0 Å². The van der Waals surface area contributed by atoms with Crippen LogP contribution < -0.4 is 5.32 Å². The van der Waals surface area contributed by atoms with Gasteiger partial charge in [0, 0.05) is 26.2 Å². The van der Waals surface area contributed by atoms with Gasteiger partial charge in [-0.05, 0) is 49.5 Å². The van der Waals surface area contributed by atoms with Crippen LogP contribution in [0.3, 0.4) is 0 Å². The van der Waals surface area contributed by atoms with Crippen LogP contribution in [0.4, 0.5) is 0 Å². The fraction of sp³-hybridized carbons (Fsp3) is 1.00. The normalized spacial score (nSPS) is 44.8. The van der Waals surface area contributed by atoms with Gasteiger partial charge in [0.25, 0.3) is 0 Å². The molecule has 3 rings (SSSR count). The van der Waals surface area contributed by atoms with Crippen molar-refractivity contribution in [1.29, 1.82) is 0 Å². The summed E-state index contributed by atoms with van der Waals surface area (Å²) in [5.41, 5.74) is 0. The minimum absolute atomic E-state index is 0.834. The summed E-state index contributed by atoms with van der Waals surface area (Å²) in [6, 6.07) is 0. The highest BCUT2D eigenvalue weighted by atomic mass is 15.2. The molecule has 0 aromatic heterocycles. The first-order valence-corrected chi connectivity index (χ1v) is 7.24. The topological polar surface area (TPSA) is 15.3 Å². The summed E-state index contributed by atoms with van der Waals surface area (Å²) in [6.07, 6.45) is 6.19. The molecule has 92 valence electrons. The molecule has 2 saturated carbocycles. The first-order valence-electron chi connectivity index (χ1n) is 7.24. The van der Waals surface area contributed by atoms with Gasteiger partial charge >= 0.3 is 0 Å². The Bertz CT molecular complexity index is 241. The van der Waals surface area contributed by atoms with Gasteiger partial charge in [0.05, 0.1) is 0 Å². The van der Waals surface area contributed by atoms with Crippen molar-refractivity contribution < 1.29 is 0 Å². The molecule has 3 fully saturated rings. The number of nitrogens with zero attached hydrogens (tertiary/aromatic N) is 1. The van der Waals surface area contributed by atoms with Gasteiger partial charge in [-0.1, -0.05) is 13.3 Å². The van der Waals surface area contributed by atoms with Crippen LogP contribution >= 0.6 is 0 Å². The lowest BCUT2D eigenvalue weighted by Gasteiger charge is -2.29. The van der Waals surface area contributed by atoms with Crippen LogP contribution in [0.15, 0.2) is 0 Å². The molecule has 16 heavy (non-hydrogen) atoms. The molecule has 0 radical (unpaired) electrons.